The molecule has 21 heavy (non-hydrogen) atoms. The zero-order valence-electron chi connectivity index (χ0n) is 11.9. The van der Waals surface area contributed by atoms with Gasteiger partial charge in [0.1, 0.15) is 5.75 Å². The SMILES string of the molecule is CC(C)N(C)C(=O)COc1ccc(C#N)cc1C(F)(F)F. The lowest BCUT2D eigenvalue weighted by Gasteiger charge is -2.22. The summed E-state index contributed by atoms with van der Waals surface area (Å²) in [6, 6.07) is 4.51. The molecule has 0 N–H and O–H groups in total. The second kappa shape index (κ2) is 6.48. The number of carbonyl (C=O) groups is 1. The molecule has 0 unspecified atom stereocenters. The van der Waals surface area contributed by atoms with Crippen molar-refractivity contribution in [3.05, 3.63) is 29.3 Å². The molecule has 0 radical (unpaired) electrons. The van der Waals surface area contributed by atoms with E-state index in [-0.39, 0.29) is 11.6 Å². The number of carbonyl (C=O) groups excluding carboxylic acids is 1. The van der Waals surface area contributed by atoms with Gasteiger partial charge in [-0.3, -0.25) is 4.79 Å². The van der Waals surface area contributed by atoms with E-state index in [0.29, 0.717) is 6.07 Å². The van der Waals surface area contributed by atoms with Crippen LogP contribution in [0.5, 0.6) is 5.75 Å². The number of amides is 1. The molecule has 0 saturated heterocycles. The highest BCUT2D eigenvalue weighted by Gasteiger charge is 2.35. The van der Waals surface area contributed by atoms with Crippen LogP contribution in [0.25, 0.3) is 0 Å². The van der Waals surface area contributed by atoms with E-state index in [2.05, 4.69) is 0 Å². The van der Waals surface area contributed by atoms with E-state index in [1.165, 1.54) is 11.0 Å². The summed E-state index contributed by atoms with van der Waals surface area (Å²) in [6.07, 6.45) is -4.66. The Morgan fingerprint density at radius 1 is 1.43 bits per heavy atom. The average Bonchev–Trinajstić information content (AvgIpc) is 2.42. The van der Waals surface area contributed by atoms with Crippen LogP contribution in [-0.4, -0.2) is 30.5 Å². The largest absolute Gasteiger partial charge is 0.483 e. The van der Waals surface area contributed by atoms with Crippen molar-refractivity contribution >= 4 is 5.91 Å². The summed E-state index contributed by atoms with van der Waals surface area (Å²) in [5.74, 6) is -0.894. The van der Waals surface area contributed by atoms with Gasteiger partial charge in [-0.25, -0.2) is 0 Å². The second-order valence-corrected chi connectivity index (χ2v) is 4.71. The Morgan fingerprint density at radius 2 is 2.05 bits per heavy atom. The molecule has 0 aromatic heterocycles. The fourth-order valence-corrected chi connectivity index (χ4v) is 1.48. The van der Waals surface area contributed by atoms with Crippen molar-refractivity contribution in [2.75, 3.05) is 13.7 Å². The second-order valence-electron chi connectivity index (χ2n) is 4.71. The minimum atomic E-state index is -4.66. The number of rotatable bonds is 4. The van der Waals surface area contributed by atoms with Crippen molar-refractivity contribution in [2.24, 2.45) is 0 Å². The molecule has 0 bridgehead atoms. The van der Waals surface area contributed by atoms with Gasteiger partial charge in [0.2, 0.25) is 0 Å². The highest BCUT2D eigenvalue weighted by Crippen LogP contribution is 2.36. The Hall–Kier alpha value is -2.23. The predicted molar refractivity (Wildman–Crippen MR) is 69.6 cm³/mol. The van der Waals surface area contributed by atoms with Gasteiger partial charge in [-0.15, -0.1) is 0 Å². The highest BCUT2D eigenvalue weighted by molar-refractivity contribution is 5.77. The number of nitrogens with zero attached hydrogens (tertiary/aromatic N) is 2. The van der Waals surface area contributed by atoms with Gasteiger partial charge in [-0.1, -0.05) is 0 Å². The van der Waals surface area contributed by atoms with Crippen LogP contribution in [-0.2, 0) is 11.0 Å². The molecular weight excluding hydrogens is 285 g/mol. The molecule has 0 saturated carbocycles. The molecule has 1 amide bonds. The van der Waals surface area contributed by atoms with E-state index in [1.54, 1.807) is 27.0 Å². The number of hydrogen-bond acceptors (Lipinski definition) is 3. The molecule has 114 valence electrons. The van der Waals surface area contributed by atoms with E-state index in [0.717, 1.165) is 6.07 Å². The molecule has 0 fully saturated rings. The van der Waals surface area contributed by atoms with Crippen LogP contribution in [0, 0.1) is 11.3 Å². The van der Waals surface area contributed by atoms with Crippen molar-refractivity contribution in [1.82, 2.24) is 4.90 Å². The first-order valence-electron chi connectivity index (χ1n) is 6.16. The van der Waals surface area contributed by atoms with E-state index in [1.807, 2.05) is 0 Å². The number of nitriles is 1. The van der Waals surface area contributed by atoms with Crippen molar-refractivity contribution < 1.29 is 22.7 Å². The van der Waals surface area contributed by atoms with Crippen molar-refractivity contribution in [2.45, 2.75) is 26.1 Å². The summed E-state index contributed by atoms with van der Waals surface area (Å²) in [5, 5.41) is 8.65. The van der Waals surface area contributed by atoms with Gasteiger partial charge in [0.15, 0.2) is 6.61 Å². The first-order valence-corrected chi connectivity index (χ1v) is 6.16. The number of halogens is 3. The molecule has 0 spiro atoms. The molecule has 0 aliphatic heterocycles. The van der Waals surface area contributed by atoms with E-state index in [9.17, 15) is 18.0 Å². The van der Waals surface area contributed by atoms with Crippen LogP contribution in [0.4, 0.5) is 13.2 Å². The van der Waals surface area contributed by atoms with Gasteiger partial charge >= 0.3 is 6.18 Å². The quantitative estimate of drug-likeness (QED) is 0.859. The lowest BCUT2D eigenvalue weighted by molar-refractivity contribution is -0.141. The highest BCUT2D eigenvalue weighted by atomic mass is 19.4. The summed E-state index contributed by atoms with van der Waals surface area (Å²) in [6.45, 7) is 3.06. The molecule has 1 rings (SSSR count). The molecule has 1 aromatic rings. The minimum absolute atomic E-state index is 0.0795. The van der Waals surface area contributed by atoms with Crippen molar-refractivity contribution in [3.63, 3.8) is 0 Å². The molecule has 0 atom stereocenters. The zero-order valence-corrected chi connectivity index (χ0v) is 11.9. The number of benzene rings is 1. The zero-order chi connectivity index (χ0) is 16.2. The first kappa shape index (κ1) is 16.8. The maximum absolute atomic E-state index is 12.9. The average molecular weight is 300 g/mol. The Labute approximate surface area is 120 Å². The number of hydrogen-bond donors (Lipinski definition) is 0. The van der Waals surface area contributed by atoms with E-state index < -0.39 is 30.0 Å². The normalized spacial score (nSPS) is 11.1. The maximum atomic E-state index is 12.9. The van der Waals surface area contributed by atoms with Crippen molar-refractivity contribution in [1.29, 1.82) is 5.26 Å². The molecule has 0 heterocycles. The van der Waals surface area contributed by atoms with Crippen LogP contribution < -0.4 is 4.74 Å². The lowest BCUT2D eigenvalue weighted by atomic mass is 10.1. The predicted octanol–water partition coefficient (Wildman–Crippen LogP) is 2.82. The van der Waals surface area contributed by atoms with Crippen LogP contribution in [0.3, 0.4) is 0 Å². The third-order valence-corrected chi connectivity index (χ3v) is 2.93. The first-order chi connectivity index (χ1) is 9.66. The Balaban J connectivity index is 2.94. The third-order valence-electron chi connectivity index (χ3n) is 2.93. The molecule has 1 aromatic carbocycles. The lowest BCUT2D eigenvalue weighted by Crippen LogP contribution is -2.36. The summed E-state index contributed by atoms with van der Waals surface area (Å²) < 4.78 is 43.6. The third kappa shape index (κ3) is 4.38. The Kier molecular flexibility index (Phi) is 5.19. The minimum Gasteiger partial charge on any atom is -0.483 e. The van der Waals surface area contributed by atoms with Crippen LogP contribution >= 0.6 is 0 Å². The summed E-state index contributed by atoms with van der Waals surface area (Å²) >= 11 is 0. The number of likely N-dealkylation sites (N-methyl/N-ethyl adjacent to an activating group) is 1. The maximum Gasteiger partial charge on any atom is 0.420 e. The fraction of sp³-hybridized carbons (Fsp3) is 0.429. The Morgan fingerprint density at radius 3 is 2.52 bits per heavy atom. The van der Waals surface area contributed by atoms with Gasteiger partial charge in [0.05, 0.1) is 17.2 Å². The van der Waals surface area contributed by atoms with Gasteiger partial charge in [-0.05, 0) is 32.0 Å². The molecule has 7 heteroatoms. The molecule has 0 aliphatic rings. The number of ether oxygens (including phenoxy) is 1. The van der Waals surface area contributed by atoms with Crippen LogP contribution in [0.15, 0.2) is 18.2 Å². The van der Waals surface area contributed by atoms with Crippen LogP contribution in [0.1, 0.15) is 25.0 Å². The van der Waals surface area contributed by atoms with E-state index in [4.69, 9.17) is 10.00 Å². The summed E-state index contributed by atoms with van der Waals surface area (Å²) in [7, 11) is 1.54. The smallest absolute Gasteiger partial charge is 0.420 e. The fourth-order valence-electron chi connectivity index (χ4n) is 1.48. The van der Waals surface area contributed by atoms with Gasteiger partial charge in [0.25, 0.3) is 5.91 Å². The molecule has 0 aliphatic carbocycles. The van der Waals surface area contributed by atoms with Gasteiger partial charge < -0.3 is 9.64 Å². The standard InChI is InChI=1S/C14H15F3N2O2/c1-9(2)19(3)13(20)8-21-12-5-4-10(7-18)6-11(12)14(15,16)17/h4-6,9H,8H2,1-3H3. The monoisotopic (exact) mass is 300 g/mol. The van der Waals surface area contributed by atoms with Gasteiger partial charge in [0, 0.05) is 13.1 Å². The number of alkyl halides is 3. The van der Waals surface area contributed by atoms with Crippen LogP contribution in [0.2, 0.25) is 0 Å². The molecule has 4 nitrogen and oxygen atoms in total. The summed E-state index contributed by atoms with van der Waals surface area (Å²) in [5.41, 5.74) is -1.19. The summed E-state index contributed by atoms with van der Waals surface area (Å²) in [4.78, 5) is 13.1. The van der Waals surface area contributed by atoms with Crippen molar-refractivity contribution in [3.8, 4) is 11.8 Å². The van der Waals surface area contributed by atoms with Gasteiger partial charge in [-0.2, -0.15) is 18.4 Å². The Bertz CT molecular complexity index is 562. The topological polar surface area (TPSA) is 53.3 Å². The molecular formula is C14H15F3N2O2. The van der Waals surface area contributed by atoms with E-state index >= 15 is 0 Å².